The molecule has 192 valence electrons. The maximum Gasteiger partial charge on any atom is 0.417 e. The van der Waals surface area contributed by atoms with Gasteiger partial charge in [-0.3, -0.25) is 24.9 Å². The molecule has 0 bridgehead atoms. The molecule has 1 aromatic heterocycles. The number of hydrogen-bond acceptors (Lipinski definition) is 10. The van der Waals surface area contributed by atoms with Crippen LogP contribution in [0.5, 0.6) is 0 Å². The van der Waals surface area contributed by atoms with Crippen molar-refractivity contribution in [2.75, 3.05) is 31.1 Å². The van der Waals surface area contributed by atoms with E-state index in [0.29, 0.717) is 5.82 Å². The Bertz CT molecular complexity index is 1290. The topological polar surface area (TPSA) is 169 Å². The Kier molecular flexibility index (Phi) is 6.79. The molecular formula is C19H19F3N8O5S. The third-order valence-electron chi connectivity index (χ3n) is 5.31. The van der Waals surface area contributed by atoms with E-state index in [1.165, 1.54) is 29.2 Å². The summed E-state index contributed by atoms with van der Waals surface area (Å²) < 4.78 is 70.8. The van der Waals surface area contributed by atoms with Gasteiger partial charge in [-0.05, 0) is 24.3 Å². The molecule has 2 aliphatic rings. The van der Waals surface area contributed by atoms with Crippen LogP contribution in [0.2, 0.25) is 0 Å². The standard InChI is InChI=1S/C19H19F3N8O5S/c20-19(21,22)12-4-2-1-3-11(12)16(32)30-9-7-29(8-10-30)14-6-5-13(25-26-14)15(31)23-17-24-18(28-27-17)36(33,34)35/h1-6,18,28H,7-10H2,(H,33,34,35)(H2,23,24,27,31). The van der Waals surface area contributed by atoms with Crippen LogP contribution in [0.4, 0.5) is 19.0 Å². The lowest BCUT2D eigenvalue weighted by molar-refractivity contribution is -0.138. The number of carbonyl (C=O) groups is 2. The summed E-state index contributed by atoms with van der Waals surface area (Å²) in [4.78, 5) is 31.6. The number of anilines is 1. The van der Waals surface area contributed by atoms with Crippen LogP contribution in [-0.2, 0) is 16.3 Å². The van der Waals surface area contributed by atoms with Gasteiger partial charge in [-0.2, -0.15) is 27.0 Å². The second-order valence-corrected chi connectivity index (χ2v) is 9.14. The van der Waals surface area contributed by atoms with Crippen molar-refractivity contribution in [2.45, 2.75) is 11.7 Å². The molecule has 1 saturated heterocycles. The Balaban J connectivity index is 1.35. The van der Waals surface area contributed by atoms with Crippen LogP contribution in [-0.4, -0.2) is 77.5 Å². The van der Waals surface area contributed by atoms with Crippen LogP contribution in [0.3, 0.4) is 0 Å². The first-order chi connectivity index (χ1) is 16.9. The molecule has 1 atom stereocenters. The molecule has 4 rings (SSSR count). The van der Waals surface area contributed by atoms with Crippen molar-refractivity contribution in [1.82, 2.24) is 31.3 Å². The quantitative estimate of drug-likeness (QED) is 0.391. The molecule has 2 aromatic rings. The van der Waals surface area contributed by atoms with Crippen molar-refractivity contribution in [1.29, 1.82) is 0 Å². The van der Waals surface area contributed by atoms with Gasteiger partial charge in [-0.25, -0.2) is 4.99 Å². The number of benzene rings is 1. The summed E-state index contributed by atoms with van der Waals surface area (Å²) in [5.74, 6) is -1.33. The van der Waals surface area contributed by atoms with Crippen LogP contribution >= 0.6 is 0 Å². The molecule has 1 fully saturated rings. The number of piperazine rings is 1. The van der Waals surface area contributed by atoms with E-state index in [1.54, 1.807) is 4.90 Å². The third kappa shape index (κ3) is 5.52. The van der Waals surface area contributed by atoms with E-state index in [1.807, 2.05) is 0 Å². The number of carbonyl (C=O) groups excluding carboxylic acids is 2. The Hall–Kier alpha value is -3.83. The van der Waals surface area contributed by atoms with E-state index in [-0.39, 0.29) is 37.8 Å². The Morgan fingerprint density at radius 1 is 1.06 bits per heavy atom. The summed E-state index contributed by atoms with van der Waals surface area (Å²) in [6.07, 6.45) is -4.65. The highest BCUT2D eigenvalue weighted by Crippen LogP contribution is 2.32. The fraction of sp³-hybridized carbons (Fsp3) is 0.316. The smallest absolute Gasteiger partial charge is 0.352 e. The SMILES string of the molecule is O=C(NC1=NC(S(=O)(=O)O)NN1)c1ccc(N2CCN(C(=O)c3ccccc3C(F)(F)F)CC2)nn1. The first-order valence-corrected chi connectivity index (χ1v) is 11.8. The Morgan fingerprint density at radius 2 is 1.75 bits per heavy atom. The molecule has 2 amide bonds. The lowest BCUT2D eigenvalue weighted by atomic mass is 10.1. The van der Waals surface area contributed by atoms with Gasteiger partial charge in [0.1, 0.15) is 0 Å². The summed E-state index contributed by atoms with van der Waals surface area (Å²) in [5.41, 5.74) is 1.26. The van der Waals surface area contributed by atoms with Gasteiger partial charge < -0.3 is 9.80 Å². The van der Waals surface area contributed by atoms with E-state index < -0.39 is 44.7 Å². The lowest BCUT2D eigenvalue weighted by Crippen LogP contribution is -2.49. The maximum atomic E-state index is 13.3. The largest absolute Gasteiger partial charge is 0.417 e. The summed E-state index contributed by atoms with van der Waals surface area (Å²) in [5, 5.41) is 10.1. The fourth-order valence-corrected chi connectivity index (χ4v) is 3.98. The molecule has 1 aromatic carbocycles. The molecule has 4 N–H and O–H groups in total. The Morgan fingerprint density at radius 3 is 2.33 bits per heavy atom. The zero-order valence-electron chi connectivity index (χ0n) is 18.2. The van der Waals surface area contributed by atoms with Gasteiger partial charge in [0.05, 0.1) is 11.1 Å². The van der Waals surface area contributed by atoms with Gasteiger partial charge in [0.2, 0.25) is 11.5 Å². The van der Waals surface area contributed by atoms with Crippen molar-refractivity contribution in [3.63, 3.8) is 0 Å². The first kappa shape index (κ1) is 25.3. The van der Waals surface area contributed by atoms with Gasteiger partial charge in [-0.15, -0.1) is 10.2 Å². The predicted molar refractivity (Wildman–Crippen MR) is 118 cm³/mol. The second kappa shape index (κ2) is 9.67. The minimum atomic E-state index is -4.65. The van der Waals surface area contributed by atoms with E-state index in [4.69, 9.17) is 4.55 Å². The number of nitrogens with zero attached hydrogens (tertiary/aromatic N) is 5. The number of aliphatic imine (C=N–C) groups is 1. The van der Waals surface area contributed by atoms with E-state index in [2.05, 4.69) is 31.4 Å². The van der Waals surface area contributed by atoms with Crippen molar-refractivity contribution in [2.24, 2.45) is 4.99 Å². The summed E-state index contributed by atoms with van der Waals surface area (Å²) in [7, 11) is -4.51. The highest BCUT2D eigenvalue weighted by Gasteiger charge is 2.36. The van der Waals surface area contributed by atoms with Gasteiger partial charge in [-0.1, -0.05) is 12.1 Å². The molecule has 0 spiro atoms. The van der Waals surface area contributed by atoms with E-state index in [0.717, 1.165) is 12.1 Å². The van der Waals surface area contributed by atoms with Crippen molar-refractivity contribution < 1.29 is 35.7 Å². The number of rotatable bonds is 4. The molecule has 0 radical (unpaired) electrons. The summed E-state index contributed by atoms with van der Waals surface area (Å²) in [6, 6.07) is 7.49. The molecule has 2 aliphatic heterocycles. The van der Waals surface area contributed by atoms with Crippen LogP contribution in [0.25, 0.3) is 0 Å². The average Bonchev–Trinajstić information content (AvgIpc) is 3.32. The first-order valence-electron chi connectivity index (χ1n) is 10.3. The third-order valence-corrected chi connectivity index (χ3v) is 6.10. The highest BCUT2D eigenvalue weighted by atomic mass is 32.2. The van der Waals surface area contributed by atoms with Gasteiger partial charge >= 0.3 is 16.3 Å². The number of alkyl halides is 3. The molecule has 17 heteroatoms. The number of nitrogens with one attached hydrogen (secondary N) is 3. The second-order valence-electron chi connectivity index (χ2n) is 7.67. The highest BCUT2D eigenvalue weighted by molar-refractivity contribution is 7.86. The predicted octanol–water partition coefficient (Wildman–Crippen LogP) is -0.177. The Labute approximate surface area is 202 Å². The molecular weight excluding hydrogens is 509 g/mol. The minimum Gasteiger partial charge on any atom is -0.352 e. The zero-order valence-corrected chi connectivity index (χ0v) is 19.0. The molecule has 13 nitrogen and oxygen atoms in total. The van der Waals surface area contributed by atoms with Gasteiger partial charge in [0.25, 0.3) is 11.8 Å². The van der Waals surface area contributed by atoms with Crippen LogP contribution < -0.4 is 21.1 Å². The van der Waals surface area contributed by atoms with Crippen molar-refractivity contribution >= 4 is 33.7 Å². The number of aromatic nitrogens is 2. The normalized spacial score (nSPS) is 18.4. The molecule has 3 heterocycles. The van der Waals surface area contributed by atoms with Crippen molar-refractivity contribution in [3.8, 4) is 0 Å². The van der Waals surface area contributed by atoms with Gasteiger partial charge in [0, 0.05) is 26.2 Å². The summed E-state index contributed by atoms with van der Waals surface area (Å²) in [6.45, 7) is 0.873. The van der Waals surface area contributed by atoms with E-state index in [9.17, 15) is 31.2 Å². The minimum absolute atomic E-state index is 0.115. The van der Waals surface area contributed by atoms with Gasteiger partial charge in [0.15, 0.2) is 11.5 Å². The maximum absolute atomic E-state index is 13.3. The number of amides is 2. The lowest BCUT2D eigenvalue weighted by Gasteiger charge is -2.35. The summed E-state index contributed by atoms with van der Waals surface area (Å²) >= 11 is 0. The zero-order chi connectivity index (χ0) is 26.1. The molecule has 36 heavy (non-hydrogen) atoms. The van der Waals surface area contributed by atoms with E-state index >= 15 is 0 Å². The van der Waals surface area contributed by atoms with Crippen molar-refractivity contribution in [3.05, 3.63) is 53.2 Å². The molecule has 0 saturated carbocycles. The van der Waals surface area contributed by atoms with Crippen LogP contribution in [0, 0.1) is 0 Å². The van der Waals surface area contributed by atoms with Crippen LogP contribution in [0.1, 0.15) is 26.4 Å². The number of guanidine groups is 1. The molecule has 0 aliphatic carbocycles. The monoisotopic (exact) mass is 528 g/mol. The number of halogens is 3. The average molecular weight is 528 g/mol. The number of hydrazine groups is 1. The number of hydrogen-bond donors (Lipinski definition) is 4. The fourth-order valence-electron chi connectivity index (χ4n) is 3.53. The molecule has 1 unspecified atom stereocenters. The van der Waals surface area contributed by atoms with Crippen LogP contribution in [0.15, 0.2) is 41.4 Å².